The Kier molecular flexibility index (Phi) is 6.23. The molecule has 132 valence electrons. The molecule has 0 aromatic heterocycles. The van der Waals surface area contributed by atoms with Gasteiger partial charge in [-0.3, -0.25) is 9.59 Å². The van der Waals surface area contributed by atoms with Crippen LogP contribution in [0.25, 0.3) is 0 Å². The quantitative estimate of drug-likeness (QED) is 0.852. The normalized spacial score (nSPS) is 15.4. The van der Waals surface area contributed by atoms with Crippen LogP contribution in [0.4, 0.5) is 5.69 Å². The lowest BCUT2D eigenvalue weighted by molar-refractivity contribution is -0.128. The fraction of sp³-hybridized carbons (Fsp3) is 0.579. The molecule has 0 atom stereocenters. The largest absolute Gasteiger partial charge is 0.369 e. The zero-order valence-electron chi connectivity index (χ0n) is 15.3. The van der Waals surface area contributed by atoms with Gasteiger partial charge >= 0.3 is 0 Å². The van der Waals surface area contributed by atoms with Crippen LogP contribution < -0.4 is 4.90 Å². The molecule has 0 spiro atoms. The van der Waals surface area contributed by atoms with Gasteiger partial charge in [-0.2, -0.15) is 0 Å². The third kappa shape index (κ3) is 4.28. The number of carbonyl (C=O) groups excluding carboxylic acids is 2. The first-order valence-corrected chi connectivity index (χ1v) is 8.85. The third-order valence-electron chi connectivity index (χ3n) is 4.64. The molecule has 1 fully saturated rings. The Morgan fingerprint density at radius 1 is 1.04 bits per heavy atom. The summed E-state index contributed by atoms with van der Waals surface area (Å²) in [5.41, 5.74) is 1.86. The molecule has 1 aliphatic rings. The van der Waals surface area contributed by atoms with Crippen molar-refractivity contribution in [3.05, 3.63) is 29.8 Å². The minimum Gasteiger partial charge on any atom is -0.369 e. The topological polar surface area (TPSA) is 43.9 Å². The van der Waals surface area contributed by atoms with Gasteiger partial charge in [0.2, 0.25) is 5.91 Å². The van der Waals surface area contributed by atoms with Crippen LogP contribution in [0.5, 0.6) is 0 Å². The first-order valence-electron chi connectivity index (χ1n) is 8.85. The molecule has 1 saturated heterocycles. The van der Waals surface area contributed by atoms with Gasteiger partial charge in [-0.05, 0) is 51.5 Å². The van der Waals surface area contributed by atoms with E-state index in [2.05, 4.69) is 25.7 Å². The van der Waals surface area contributed by atoms with Crippen LogP contribution in [-0.4, -0.2) is 60.4 Å². The van der Waals surface area contributed by atoms with Crippen LogP contribution >= 0.6 is 0 Å². The van der Waals surface area contributed by atoms with Gasteiger partial charge in [-0.25, -0.2) is 0 Å². The second kappa shape index (κ2) is 8.18. The summed E-state index contributed by atoms with van der Waals surface area (Å²) in [6, 6.07) is 8.30. The number of benzene rings is 1. The summed E-state index contributed by atoms with van der Waals surface area (Å²) in [7, 11) is 0. The van der Waals surface area contributed by atoms with Gasteiger partial charge < -0.3 is 14.7 Å². The van der Waals surface area contributed by atoms with E-state index < -0.39 is 0 Å². The van der Waals surface area contributed by atoms with Crippen LogP contribution in [-0.2, 0) is 4.79 Å². The van der Waals surface area contributed by atoms with E-state index in [9.17, 15) is 9.59 Å². The molecule has 0 bridgehead atoms. The molecule has 2 amide bonds. The van der Waals surface area contributed by atoms with Crippen molar-refractivity contribution in [3.8, 4) is 0 Å². The van der Waals surface area contributed by atoms with E-state index in [0.29, 0.717) is 25.7 Å². The zero-order chi connectivity index (χ0) is 17.7. The van der Waals surface area contributed by atoms with Gasteiger partial charge in [-0.1, -0.05) is 0 Å². The molecule has 0 saturated carbocycles. The van der Waals surface area contributed by atoms with E-state index >= 15 is 0 Å². The Morgan fingerprint density at radius 3 is 2.17 bits per heavy atom. The number of anilines is 1. The van der Waals surface area contributed by atoms with E-state index in [-0.39, 0.29) is 11.8 Å². The zero-order valence-corrected chi connectivity index (χ0v) is 15.3. The summed E-state index contributed by atoms with van der Waals surface area (Å²) in [5, 5.41) is 0. The number of hydrogen-bond donors (Lipinski definition) is 0. The highest BCUT2D eigenvalue weighted by Gasteiger charge is 2.21. The van der Waals surface area contributed by atoms with Crippen molar-refractivity contribution in [2.45, 2.75) is 40.2 Å². The summed E-state index contributed by atoms with van der Waals surface area (Å²) in [4.78, 5) is 30.2. The van der Waals surface area contributed by atoms with Gasteiger partial charge in [0.05, 0.1) is 0 Å². The van der Waals surface area contributed by atoms with Crippen molar-refractivity contribution in [3.63, 3.8) is 0 Å². The first-order chi connectivity index (χ1) is 11.4. The standard InChI is InChI=1S/C19H29N3O2/c1-5-22(15(2)3)18-9-7-17(8-10-18)19(24)21-12-6-11-20(13-14-21)16(4)23/h7-10,15H,5-6,11-14H2,1-4H3. The Bertz CT molecular complexity index is 568. The average Bonchev–Trinajstić information content (AvgIpc) is 2.81. The highest BCUT2D eigenvalue weighted by Crippen LogP contribution is 2.19. The minimum absolute atomic E-state index is 0.0551. The molecule has 0 aliphatic carbocycles. The van der Waals surface area contributed by atoms with Gasteiger partial charge in [0, 0.05) is 56.9 Å². The third-order valence-corrected chi connectivity index (χ3v) is 4.64. The molecule has 24 heavy (non-hydrogen) atoms. The summed E-state index contributed by atoms with van der Waals surface area (Å²) in [6.45, 7) is 11.7. The lowest BCUT2D eigenvalue weighted by Gasteiger charge is -2.28. The fourth-order valence-electron chi connectivity index (χ4n) is 3.26. The summed E-state index contributed by atoms with van der Waals surface area (Å²) < 4.78 is 0. The maximum Gasteiger partial charge on any atom is 0.253 e. The maximum atomic E-state index is 12.7. The SMILES string of the molecule is CCN(c1ccc(C(=O)N2CCCN(C(C)=O)CC2)cc1)C(C)C. The first kappa shape index (κ1) is 18.3. The molecule has 0 radical (unpaired) electrons. The molecule has 5 nitrogen and oxygen atoms in total. The van der Waals surface area contributed by atoms with Gasteiger partial charge in [0.1, 0.15) is 0 Å². The van der Waals surface area contributed by atoms with Gasteiger partial charge in [-0.15, -0.1) is 0 Å². The monoisotopic (exact) mass is 331 g/mol. The van der Waals surface area contributed by atoms with Crippen LogP contribution in [0.15, 0.2) is 24.3 Å². The summed E-state index contributed by atoms with van der Waals surface area (Å²) in [6.07, 6.45) is 0.834. The molecular formula is C19H29N3O2. The molecule has 0 unspecified atom stereocenters. The molecular weight excluding hydrogens is 302 g/mol. The lowest BCUT2D eigenvalue weighted by atomic mass is 10.1. The average molecular weight is 331 g/mol. The van der Waals surface area contributed by atoms with Crippen molar-refractivity contribution in [1.29, 1.82) is 0 Å². The molecule has 1 aromatic rings. The maximum absolute atomic E-state index is 12.7. The van der Waals surface area contributed by atoms with Crippen LogP contribution in [0.2, 0.25) is 0 Å². The van der Waals surface area contributed by atoms with Crippen molar-refractivity contribution in [1.82, 2.24) is 9.80 Å². The van der Waals surface area contributed by atoms with Crippen molar-refractivity contribution < 1.29 is 9.59 Å². The number of amides is 2. The van der Waals surface area contributed by atoms with Gasteiger partial charge in [0.15, 0.2) is 0 Å². The molecule has 1 aliphatic heterocycles. The fourth-order valence-corrected chi connectivity index (χ4v) is 3.26. The number of hydrogen-bond acceptors (Lipinski definition) is 3. The Morgan fingerprint density at radius 2 is 1.62 bits per heavy atom. The molecule has 1 aromatic carbocycles. The number of carbonyl (C=O) groups is 2. The smallest absolute Gasteiger partial charge is 0.253 e. The predicted octanol–water partition coefficient (Wildman–Crippen LogP) is 2.62. The second-order valence-electron chi connectivity index (χ2n) is 6.58. The lowest BCUT2D eigenvalue weighted by Crippen LogP contribution is -2.36. The Balaban J connectivity index is 2.06. The highest BCUT2D eigenvalue weighted by molar-refractivity contribution is 5.94. The number of nitrogens with zero attached hydrogens (tertiary/aromatic N) is 3. The van der Waals surface area contributed by atoms with Crippen molar-refractivity contribution in [2.75, 3.05) is 37.6 Å². The molecule has 1 heterocycles. The highest BCUT2D eigenvalue weighted by atomic mass is 16.2. The minimum atomic E-state index is 0.0551. The van der Waals surface area contributed by atoms with E-state index in [1.54, 1.807) is 6.92 Å². The second-order valence-corrected chi connectivity index (χ2v) is 6.58. The predicted molar refractivity (Wildman–Crippen MR) is 97.4 cm³/mol. The number of rotatable bonds is 4. The van der Waals surface area contributed by atoms with E-state index in [1.165, 1.54) is 0 Å². The summed E-state index contributed by atoms with van der Waals surface area (Å²) >= 11 is 0. The van der Waals surface area contributed by atoms with Crippen LogP contribution in [0.1, 0.15) is 44.5 Å². The van der Waals surface area contributed by atoms with Crippen molar-refractivity contribution in [2.24, 2.45) is 0 Å². The van der Waals surface area contributed by atoms with Crippen LogP contribution in [0.3, 0.4) is 0 Å². The Hall–Kier alpha value is -2.04. The van der Waals surface area contributed by atoms with E-state index in [0.717, 1.165) is 30.8 Å². The summed E-state index contributed by atoms with van der Waals surface area (Å²) in [5.74, 6) is 0.140. The molecule has 5 heteroatoms. The molecule has 0 N–H and O–H groups in total. The molecule has 2 rings (SSSR count). The van der Waals surface area contributed by atoms with Gasteiger partial charge in [0.25, 0.3) is 5.91 Å². The van der Waals surface area contributed by atoms with Crippen molar-refractivity contribution >= 4 is 17.5 Å². The van der Waals surface area contributed by atoms with E-state index in [4.69, 9.17) is 0 Å². The van der Waals surface area contributed by atoms with E-state index in [1.807, 2.05) is 34.1 Å². The van der Waals surface area contributed by atoms with Crippen LogP contribution in [0, 0.1) is 0 Å². The Labute approximate surface area is 145 Å².